The first kappa shape index (κ1) is 18.7. The van der Waals surface area contributed by atoms with Gasteiger partial charge in [0.05, 0.1) is 6.61 Å². The highest BCUT2D eigenvalue weighted by molar-refractivity contribution is 6.30. The summed E-state index contributed by atoms with van der Waals surface area (Å²) in [6, 6.07) is 17.2. The van der Waals surface area contributed by atoms with Gasteiger partial charge in [-0.1, -0.05) is 35.9 Å². The Bertz CT molecular complexity index is 700. The molecular formula is C21H25ClN2O2. The molecule has 1 amide bonds. The number of carbonyl (C=O) groups is 1. The molecule has 0 aromatic heterocycles. The molecule has 2 aromatic carbocycles. The second-order valence-corrected chi connectivity index (χ2v) is 7.05. The van der Waals surface area contributed by atoms with Gasteiger partial charge in [0.1, 0.15) is 5.75 Å². The Labute approximate surface area is 160 Å². The predicted molar refractivity (Wildman–Crippen MR) is 105 cm³/mol. The van der Waals surface area contributed by atoms with E-state index in [1.54, 1.807) is 0 Å². The SMILES string of the molecule is O=C(NC1CCN(CCCOc2cccc(Cl)c2)CC1)c1ccccc1. The van der Waals surface area contributed by atoms with Crippen LogP contribution >= 0.6 is 11.6 Å². The third-order valence-corrected chi connectivity index (χ3v) is 4.88. The number of hydrogen-bond donors (Lipinski definition) is 1. The summed E-state index contributed by atoms with van der Waals surface area (Å²) in [5.41, 5.74) is 0.730. The highest BCUT2D eigenvalue weighted by atomic mass is 35.5. The van der Waals surface area contributed by atoms with Gasteiger partial charge in [-0.15, -0.1) is 0 Å². The molecule has 1 aliphatic rings. The first-order chi connectivity index (χ1) is 12.7. The maximum Gasteiger partial charge on any atom is 0.251 e. The minimum Gasteiger partial charge on any atom is -0.493 e. The fourth-order valence-electron chi connectivity index (χ4n) is 3.19. The monoisotopic (exact) mass is 372 g/mol. The molecule has 138 valence electrons. The van der Waals surface area contributed by atoms with Crippen LogP contribution in [0.3, 0.4) is 0 Å². The topological polar surface area (TPSA) is 41.6 Å². The van der Waals surface area contributed by atoms with Crippen LogP contribution in [-0.2, 0) is 0 Å². The molecule has 1 N–H and O–H groups in total. The number of amides is 1. The molecule has 0 saturated carbocycles. The van der Waals surface area contributed by atoms with Gasteiger partial charge in [-0.25, -0.2) is 0 Å². The van der Waals surface area contributed by atoms with Gasteiger partial charge in [0.2, 0.25) is 0 Å². The average molecular weight is 373 g/mol. The molecule has 2 aromatic rings. The van der Waals surface area contributed by atoms with E-state index in [1.807, 2.05) is 54.6 Å². The summed E-state index contributed by atoms with van der Waals surface area (Å²) in [6.45, 7) is 3.72. The van der Waals surface area contributed by atoms with Crippen molar-refractivity contribution in [3.63, 3.8) is 0 Å². The van der Waals surface area contributed by atoms with Gasteiger partial charge in [0, 0.05) is 36.3 Å². The van der Waals surface area contributed by atoms with Crippen molar-refractivity contribution in [2.24, 2.45) is 0 Å². The Morgan fingerprint density at radius 2 is 1.88 bits per heavy atom. The van der Waals surface area contributed by atoms with E-state index in [1.165, 1.54) is 0 Å². The molecule has 26 heavy (non-hydrogen) atoms. The molecular weight excluding hydrogens is 348 g/mol. The highest BCUT2D eigenvalue weighted by Gasteiger charge is 2.20. The first-order valence-electron chi connectivity index (χ1n) is 9.17. The second kappa shape index (κ2) is 9.60. The molecule has 0 radical (unpaired) electrons. The summed E-state index contributed by atoms with van der Waals surface area (Å²) in [4.78, 5) is 14.7. The minimum atomic E-state index is 0.0268. The van der Waals surface area contributed by atoms with E-state index in [-0.39, 0.29) is 11.9 Å². The summed E-state index contributed by atoms with van der Waals surface area (Å²) in [7, 11) is 0. The van der Waals surface area contributed by atoms with Crippen LogP contribution in [0.15, 0.2) is 54.6 Å². The van der Waals surface area contributed by atoms with E-state index in [0.29, 0.717) is 11.6 Å². The van der Waals surface area contributed by atoms with Gasteiger partial charge in [0.15, 0.2) is 0 Å². The molecule has 3 rings (SSSR count). The van der Waals surface area contributed by atoms with Crippen molar-refractivity contribution in [1.82, 2.24) is 10.2 Å². The van der Waals surface area contributed by atoms with Crippen molar-refractivity contribution in [3.05, 3.63) is 65.2 Å². The Kier molecular flexibility index (Phi) is 6.92. The van der Waals surface area contributed by atoms with Crippen LogP contribution in [-0.4, -0.2) is 43.1 Å². The lowest BCUT2D eigenvalue weighted by Gasteiger charge is -2.32. The second-order valence-electron chi connectivity index (χ2n) is 6.61. The van der Waals surface area contributed by atoms with Crippen LogP contribution in [0.4, 0.5) is 0 Å². The average Bonchev–Trinajstić information content (AvgIpc) is 2.67. The molecule has 1 aliphatic heterocycles. The van der Waals surface area contributed by atoms with Crippen molar-refractivity contribution in [2.75, 3.05) is 26.2 Å². The molecule has 0 atom stereocenters. The largest absolute Gasteiger partial charge is 0.493 e. The van der Waals surface area contributed by atoms with Crippen LogP contribution < -0.4 is 10.1 Å². The molecule has 0 aliphatic carbocycles. The number of likely N-dealkylation sites (tertiary alicyclic amines) is 1. The lowest BCUT2D eigenvalue weighted by molar-refractivity contribution is 0.0909. The Morgan fingerprint density at radius 3 is 2.62 bits per heavy atom. The zero-order valence-electron chi connectivity index (χ0n) is 14.9. The Morgan fingerprint density at radius 1 is 1.12 bits per heavy atom. The van der Waals surface area contributed by atoms with Crippen LogP contribution in [0.25, 0.3) is 0 Å². The molecule has 0 spiro atoms. The van der Waals surface area contributed by atoms with Crippen molar-refractivity contribution in [1.29, 1.82) is 0 Å². The van der Waals surface area contributed by atoms with Gasteiger partial charge in [0.25, 0.3) is 5.91 Å². The number of rotatable bonds is 7. The molecule has 4 nitrogen and oxygen atoms in total. The number of piperidine rings is 1. The zero-order valence-corrected chi connectivity index (χ0v) is 15.6. The van der Waals surface area contributed by atoms with Crippen LogP contribution in [0.1, 0.15) is 29.6 Å². The molecule has 0 unspecified atom stereocenters. The van der Waals surface area contributed by atoms with E-state index >= 15 is 0 Å². The number of ether oxygens (including phenoxy) is 1. The Hall–Kier alpha value is -2.04. The maximum atomic E-state index is 12.2. The third-order valence-electron chi connectivity index (χ3n) is 4.64. The van der Waals surface area contributed by atoms with Crippen LogP contribution in [0.5, 0.6) is 5.75 Å². The number of hydrogen-bond acceptors (Lipinski definition) is 3. The van der Waals surface area contributed by atoms with Crippen molar-refractivity contribution in [2.45, 2.75) is 25.3 Å². The summed E-state index contributed by atoms with van der Waals surface area (Å²) < 4.78 is 5.73. The molecule has 1 fully saturated rings. The zero-order chi connectivity index (χ0) is 18.2. The quantitative estimate of drug-likeness (QED) is 0.747. The van der Waals surface area contributed by atoms with E-state index in [2.05, 4.69) is 10.2 Å². The van der Waals surface area contributed by atoms with Crippen molar-refractivity contribution < 1.29 is 9.53 Å². The fourth-order valence-corrected chi connectivity index (χ4v) is 3.37. The summed E-state index contributed by atoms with van der Waals surface area (Å²) in [5, 5.41) is 3.84. The van der Waals surface area contributed by atoms with Gasteiger partial charge in [-0.2, -0.15) is 0 Å². The molecule has 1 heterocycles. The number of nitrogens with one attached hydrogen (secondary N) is 1. The molecule has 0 bridgehead atoms. The predicted octanol–water partition coefficient (Wildman–Crippen LogP) is 4.00. The van der Waals surface area contributed by atoms with E-state index in [4.69, 9.17) is 16.3 Å². The third kappa shape index (κ3) is 5.75. The van der Waals surface area contributed by atoms with E-state index in [9.17, 15) is 4.79 Å². The van der Waals surface area contributed by atoms with E-state index in [0.717, 1.165) is 50.2 Å². The molecule has 1 saturated heterocycles. The van der Waals surface area contributed by atoms with Gasteiger partial charge in [-0.3, -0.25) is 4.79 Å². The summed E-state index contributed by atoms with van der Waals surface area (Å²) in [5.74, 6) is 0.846. The lowest BCUT2D eigenvalue weighted by atomic mass is 10.0. The number of nitrogens with zero attached hydrogens (tertiary/aromatic N) is 1. The number of benzene rings is 2. The maximum absolute atomic E-state index is 12.2. The number of halogens is 1. The van der Waals surface area contributed by atoms with Gasteiger partial charge in [-0.05, 0) is 49.6 Å². The lowest BCUT2D eigenvalue weighted by Crippen LogP contribution is -2.45. The fraction of sp³-hybridized carbons (Fsp3) is 0.381. The molecule has 5 heteroatoms. The summed E-state index contributed by atoms with van der Waals surface area (Å²) >= 11 is 5.95. The minimum absolute atomic E-state index is 0.0268. The van der Waals surface area contributed by atoms with Crippen LogP contribution in [0.2, 0.25) is 5.02 Å². The highest BCUT2D eigenvalue weighted by Crippen LogP contribution is 2.17. The van der Waals surface area contributed by atoms with Crippen LogP contribution in [0, 0.1) is 0 Å². The Balaban J connectivity index is 1.32. The van der Waals surface area contributed by atoms with Crippen molar-refractivity contribution >= 4 is 17.5 Å². The van der Waals surface area contributed by atoms with Gasteiger partial charge >= 0.3 is 0 Å². The number of carbonyl (C=O) groups excluding carboxylic acids is 1. The summed E-state index contributed by atoms with van der Waals surface area (Å²) in [6.07, 6.45) is 2.97. The van der Waals surface area contributed by atoms with Gasteiger partial charge < -0.3 is 15.0 Å². The van der Waals surface area contributed by atoms with E-state index < -0.39 is 0 Å². The smallest absolute Gasteiger partial charge is 0.251 e. The standard InChI is InChI=1S/C21H25ClN2O2/c22-18-8-4-9-20(16-18)26-15-5-12-24-13-10-19(11-14-24)23-21(25)17-6-2-1-3-7-17/h1-4,6-9,16,19H,5,10-15H2,(H,23,25). The first-order valence-corrected chi connectivity index (χ1v) is 9.55. The normalized spacial score (nSPS) is 15.6. The van der Waals surface area contributed by atoms with Crippen molar-refractivity contribution in [3.8, 4) is 5.75 Å².